The van der Waals surface area contributed by atoms with E-state index in [0.29, 0.717) is 17.3 Å². The highest BCUT2D eigenvalue weighted by atomic mass is 35.5. The Hall–Kier alpha value is -1.93. The molecule has 0 radical (unpaired) electrons. The summed E-state index contributed by atoms with van der Waals surface area (Å²) < 4.78 is 22.4. The fraction of sp³-hybridized carbons (Fsp3) is 0.188. The van der Waals surface area contributed by atoms with E-state index in [2.05, 4.69) is 10.6 Å². The van der Waals surface area contributed by atoms with Crippen LogP contribution >= 0.6 is 11.6 Å². The SMILES string of the molecule is CC(NCc1ccccc1Cl)C(=O)Nc1ccc(S(N)(=O)=O)cc1. The highest BCUT2D eigenvalue weighted by Crippen LogP contribution is 2.15. The largest absolute Gasteiger partial charge is 0.325 e. The summed E-state index contributed by atoms with van der Waals surface area (Å²) in [5, 5.41) is 11.4. The van der Waals surface area contributed by atoms with Crippen LogP contribution in [0.5, 0.6) is 0 Å². The predicted molar refractivity (Wildman–Crippen MR) is 94.2 cm³/mol. The lowest BCUT2D eigenvalue weighted by molar-refractivity contribution is -0.117. The number of nitrogens with two attached hydrogens (primary N) is 1. The maximum Gasteiger partial charge on any atom is 0.241 e. The molecule has 1 atom stereocenters. The second kappa shape index (κ2) is 7.76. The van der Waals surface area contributed by atoms with Crippen molar-refractivity contribution in [3.05, 3.63) is 59.1 Å². The predicted octanol–water partition coefficient (Wildman–Crippen LogP) is 2.10. The average Bonchev–Trinajstić information content (AvgIpc) is 2.53. The van der Waals surface area contributed by atoms with Crippen molar-refractivity contribution < 1.29 is 13.2 Å². The molecule has 0 aromatic heterocycles. The summed E-state index contributed by atoms with van der Waals surface area (Å²) in [5.74, 6) is -0.245. The van der Waals surface area contributed by atoms with E-state index in [0.717, 1.165) is 5.56 Å². The van der Waals surface area contributed by atoms with Crippen molar-refractivity contribution in [3.8, 4) is 0 Å². The first kappa shape index (κ1) is 18.4. The fourth-order valence-corrected chi connectivity index (χ4v) is 2.69. The van der Waals surface area contributed by atoms with E-state index in [1.54, 1.807) is 13.0 Å². The second-order valence-electron chi connectivity index (χ2n) is 5.25. The quantitative estimate of drug-likeness (QED) is 0.727. The second-order valence-corrected chi connectivity index (χ2v) is 7.22. The van der Waals surface area contributed by atoms with Crippen LogP contribution in [-0.4, -0.2) is 20.4 Å². The topological polar surface area (TPSA) is 101 Å². The van der Waals surface area contributed by atoms with Crippen molar-refractivity contribution in [1.29, 1.82) is 0 Å². The first-order valence-electron chi connectivity index (χ1n) is 7.18. The zero-order chi connectivity index (χ0) is 17.7. The van der Waals surface area contributed by atoms with Crippen molar-refractivity contribution in [1.82, 2.24) is 5.32 Å². The minimum absolute atomic E-state index is 0.00890. The van der Waals surface area contributed by atoms with Crippen molar-refractivity contribution in [2.24, 2.45) is 5.14 Å². The zero-order valence-electron chi connectivity index (χ0n) is 13.0. The number of hydrogen-bond donors (Lipinski definition) is 3. The molecule has 0 heterocycles. The molecule has 0 saturated carbocycles. The van der Waals surface area contributed by atoms with Gasteiger partial charge in [0.2, 0.25) is 15.9 Å². The molecular weight excluding hydrogens is 350 g/mol. The van der Waals surface area contributed by atoms with Crippen LogP contribution in [0.2, 0.25) is 5.02 Å². The Morgan fingerprint density at radius 1 is 1.17 bits per heavy atom. The Morgan fingerprint density at radius 2 is 1.79 bits per heavy atom. The number of rotatable bonds is 6. The Labute approximate surface area is 146 Å². The molecular formula is C16H18ClN3O3S. The summed E-state index contributed by atoms with van der Waals surface area (Å²) in [7, 11) is -3.75. The molecule has 8 heteroatoms. The number of hydrogen-bond acceptors (Lipinski definition) is 4. The summed E-state index contributed by atoms with van der Waals surface area (Å²) >= 11 is 6.07. The third kappa shape index (κ3) is 5.04. The molecule has 0 saturated heterocycles. The van der Waals surface area contributed by atoms with Gasteiger partial charge in [0.1, 0.15) is 0 Å². The van der Waals surface area contributed by atoms with Gasteiger partial charge in [-0.3, -0.25) is 4.79 Å². The minimum atomic E-state index is -3.75. The van der Waals surface area contributed by atoms with Crippen molar-refractivity contribution in [2.45, 2.75) is 24.4 Å². The number of anilines is 1. The number of primary sulfonamides is 1. The third-order valence-electron chi connectivity index (χ3n) is 3.40. The van der Waals surface area contributed by atoms with E-state index in [4.69, 9.17) is 16.7 Å². The highest BCUT2D eigenvalue weighted by molar-refractivity contribution is 7.89. The lowest BCUT2D eigenvalue weighted by Gasteiger charge is -2.15. The molecule has 1 unspecified atom stereocenters. The molecule has 128 valence electrons. The number of amides is 1. The molecule has 2 rings (SSSR count). The molecule has 2 aromatic carbocycles. The van der Waals surface area contributed by atoms with Gasteiger partial charge in [-0.05, 0) is 42.8 Å². The molecule has 1 amide bonds. The van der Waals surface area contributed by atoms with Gasteiger partial charge in [0.15, 0.2) is 0 Å². The maximum absolute atomic E-state index is 12.2. The van der Waals surface area contributed by atoms with E-state index in [9.17, 15) is 13.2 Å². The molecule has 0 spiro atoms. The minimum Gasteiger partial charge on any atom is -0.325 e. The number of halogens is 1. The van der Waals surface area contributed by atoms with E-state index in [1.807, 2.05) is 18.2 Å². The standard InChI is InChI=1S/C16H18ClN3O3S/c1-11(19-10-12-4-2-3-5-15(12)17)16(21)20-13-6-8-14(9-7-13)24(18,22)23/h2-9,11,19H,10H2,1H3,(H,20,21)(H2,18,22,23). The fourth-order valence-electron chi connectivity index (χ4n) is 1.98. The van der Waals surface area contributed by atoms with Gasteiger partial charge in [-0.15, -0.1) is 0 Å². The zero-order valence-corrected chi connectivity index (χ0v) is 14.6. The van der Waals surface area contributed by atoms with Gasteiger partial charge < -0.3 is 10.6 Å². The molecule has 0 aliphatic carbocycles. The van der Waals surface area contributed by atoms with Gasteiger partial charge in [0.05, 0.1) is 10.9 Å². The van der Waals surface area contributed by atoms with Gasteiger partial charge in [0, 0.05) is 17.3 Å². The van der Waals surface area contributed by atoms with E-state index < -0.39 is 16.1 Å². The molecule has 0 aliphatic rings. The number of sulfonamides is 1. The van der Waals surface area contributed by atoms with Gasteiger partial charge >= 0.3 is 0 Å². The summed E-state index contributed by atoms with van der Waals surface area (Å²) in [6.45, 7) is 2.18. The average molecular weight is 368 g/mol. The molecule has 4 N–H and O–H groups in total. The normalized spacial score (nSPS) is 12.6. The number of nitrogens with one attached hydrogen (secondary N) is 2. The molecule has 24 heavy (non-hydrogen) atoms. The molecule has 0 bridgehead atoms. The van der Waals surface area contributed by atoms with Crippen LogP contribution < -0.4 is 15.8 Å². The van der Waals surface area contributed by atoms with Crippen molar-refractivity contribution in [3.63, 3.8) is 0 Å². The Balaban J connectivity index is 1.93. The highest BCUT2D eigenvalue weighted by Gasteiger charge is 2.14. The van der Waals surface area contributed by atoms with Crippen LogP contribution in [0.25, 0.3) is 0 Å². The summed E-state index contributed by atoms with van der Waals surface area (Å²) in [4.78, 5) is 12.1. The Bertz CT molecular complexity index is 823. The van der Waals surface area contributed by atoms with Gasteiger partial charge in [-0.25, -0.2) is 13.6 Å². The lowest BCUT2D eigenvalue weighted by atomic mass is 10.2. The summed E-state index contributed by atoms with van der Waals surface area (Å²) in [5.41, 5.74) is 1.38. The number of benzene rings is 2. The Morgan fingerprint density at radius 3 is 2.38 bits per heavy atom. The molecule has 0 fully saturated rings. The summed E-state index contributed by atoms with van der Waals surface area (Å²) in [6.07, 6.45) is 0. The van der Waals surface area contributed by atoms with Crippen molar-refractivity contribution in [2.75, 3.05) is 5.32 Å². The smallest absolute Gasteiger partial charge is 0.241 e. The van der Waals surface area contributed by atoms with Crippen molar-refractivity contribution >= 4 is 33.2 Å². The van der Waals surface area contributed by atoms with Crippen LogP contribution in [0, 0.1) is 0 Å². The van der Waals surface area contributed by atoms with Gasteiger partial charge in [-0.2, -0.15) is 0 Å². The van der Waals surface area contributed by atoms with E-state index in [-0.39, 0.29) is 10.8 Å². The maximum atomic E-state index is 12.2. The third-order valence-corrected chi connectivity index (χ3v) is 4.70. The van der Waals surface area contributed by atoms with Gasteiger partial charge in [0.25, 0.3) is 0 Å². The summed E-state index contributed by atoms with van der Waals surface area (Å²) in [6, 6.07) is 12.6. The molecule has 6 nitrogen and oxygen atoms in total. The van der Waals surface area contributed by atoms with Crippen LogP contribution in [0.1, 0.15) is 12.5 Å². The first-order chi connectivity index (χ1) is 11.3. The van der Waals surface area contributed by atoms with Crippen LogP contribution in [0.4, 0.5) is 5.69 Å². The number of carbonyl (C=O) groups is 1. The van der Waals surface area contributed by atoms with E-state index in [1.165, 1.54) is 24.3 Å². The van der Waals surface area contributed by atoms with Crippen LogP contribution in [0.15, 0.2) is 53.4 Å². The number of carbonyl (C=O) groups excluding carboxylic acids is 1. The lowest BCUT2D eigenvalue weighted by Crippen LogP contribution is -2.37. The first-order valence-corrected chi connectivity index (χ1v) is 9.10. The monoisotopic (exact) mass is 367 g/mol. The van der Waals surface area contributed by atoms with E-state index >= 15 is 0 Å². The Kier molecular flexibility index (Phi) is 5.95. The van der Waals surface area contributed by atoms with Crippen LogP contribution in [-0.2, 0) is 21.4 Å². The molecule has 2 aromatic rings. The van der Waals surface area contributed by atoms with Crippen LogP contribution in [0.3, 0.4) is 0 Å². The molecule has 0 aliphatic heterocycles. The van der Waals surface area contributed by atoms with Gasteiger partial charge in [-0.1, -0.05) is 29.8 Å².